The van der Waals surface area contributed by atoms with Gasteiger partial charge in [0.15, 0.2) is 0 Å². The molecule has 37 heavy (non-hydrogen) atoms. The zero-order valence-corrected chi connectivity index (χ0v) is 22.2. The maximum absolute atomic E-state index is 15.2. The minimum absolute atomic E-state index is 0.0105. The monoisotopic (exact) mass is 530 g/mol. The van der Waals surface area contributed by atoms with Crippen LogP contribution in [0.5, 0.6) is 0 Å². The highest BCUT2D eigenvalue weighted by Crippen LogP contribution is 2.38. The maximum Gasteiger partial charge on any atom is 0.266 e. The molecule has 0 bridgehead atoms. The number of benzene rings is 3. The van der Waals surface area contributed by atoms with Crippen LogP contribution in [0.25, 0.3) is 21.2 Å². The molecule has 3 aromatic carbocycles. The second-order valence-electron chi connectivity index (χ2n) is 9.50. The van der Waals surface area contributed by atoms with Crippen LogP contribution in [0.3, 0.4) is 0 Å². The lowest BCUT2D eigenvalue weighted by Gasteiger charge is -2.37. The van der Waals surface area contributed by atoms with Crippen molar-refractivity contribution in [2.75, 3.05) is 7.05 Å². The third-order valence-corrected chi connectivity index (χ3v) is 8.97. The maximum atomic E-state index is 15.2. The van der Waals surface area contributed by atoms with Gasteiger partial charge in [0, 0.05) is 39.8 Å². The van der Waals surface area contributed by atoms with Crippen LogP contribution < -0.4 is 5.32 Å². The van der Waals surface area contributed by atoms with Crippen LogP contribution in [-0.2, 0) is 6.54 Å². The molecule has 1 heterocycles. The van der Waals surface area contributed by atoms with Gasteiger partial charge in [-0.05, 0) is 74.2 Å². The average molecular weight is 531 g/mol. The average Bonchev–Trinajstić information content (AvgIpc) is 3.29. The lowest BCUT2D eigenvalue weighted by molar-refractivity contribution is 0.0604. The SMILES string of the molecule is C#Cc1ccc(-c2ccc(F)c(CN(C(=O)c3sc4ccccc4c3Cl)C3CCC(NC)CC3)c2)cc1. The van der Waals surface area contributed by atoms with E-state index in [-0.39, 0.29) is 24.3 Å². The van der Waals surface area contributed by atoms with Gasteiger partial charge in [-0.25, -0.2) is 4.39 Å². The first-order chi connectivity index (χ1) is 18.0. The van der Waals surface area contributed by atoms with Gasteiger partial charge in [0.2, 0.25) is 0 Å². The summed E-state index contributed by atoms with van der Waals surface area (Å²) in [6, 6.07) is 20.9. The molecule has 1 N–H and O–H groups in total. The molecule has 1 aromatic heterocycles. The number of rotatable bonds is 6. The fourth-order valence-electron chi connectivity index (χ4n) is 5.14. The zero-order chi connectivity index (χ0) is 25.9. The number of thiophene rings is 1. The predicted octanol–water partition coefficient (Wildman–Crippen LogP) is 7.52. The Labute approximate surface area is 226 Å². The van der Waals surface area contributed by atoms with Gasteiger partial charge >= 0.3 is 0 Å². The molecular weight excluding hydrogens is 503 g/mol. The molecular formula is C31H28ClFN2OS. The topological polar surface area (TPSA) is 32.3 Å². The number of terminal acetylenes is 1. The van der Waals surface area contributed by atoms with Crippen molar-refractivity contribution in [2.45, 2.75) is 44.3 Å². The van der Waals surface area contributed by atoms with E-state index >= 15 is 4.39 Å². The van der Waals surface area contributed by atoms with E-state index in [1.807, 2.05) is 66.5 Å². The first-order valence-electron chi connectivity index (χ1n) is 12.5. The minimum Gasteiger partial charge on any atom is -0.330 e. The number of nitrogens with zero attached hydrogens (tertiary/aromatic N) is 1. The first-order valence-corrected chi connectivity index (χ1v) is 13.7. The molecule has 0 saturated heterocycles. The first kappa shape index (κ1) is 25.5. The Balaban J connectivity index is 1.50. The highest BCUT2D eigenvalue weighted by molar-refractivity contribution is 7.21. The molecule has 0 radical (unpaired) electrons. The number of nitrogens with one attached hydrogen (secondary N) is 1. The van der Waals surface area contributed by atoms with E-state index in [2.05, 4.69) is 11.2 Å². The van der Waals surface area contributed by atoms with Crippen molar-refractivity contribution in [2.24, 2.45) is 0 Å². The van der Waals surface area contributed by atoms with Crippen molar-refractivity contribution in [3.05, 3.63) is 93.6 Å². The second-order valence-corrected chi connectivity index (χ2v) is 10.9. The molecule has 1 saturated carbocycles. The summed E-state index contributed by atoms with van der Waals surface area (Å²) >= 11 is 8.11. The number of carbonyl (C=O) groups excluding carboxylic acids is 1. The van der Waals surface area contributed by atoms with E-state index in [1.54, 1.807) is 6.07 Å². The lowest BCUT2D eigenvalue weighted by Crippen LogP contribution is -2.44. The molecule has 5 rings (SSSR count). The third kappa shape index (κ3) is 5.29. The van der Waals surface area contributed by atoms with E-state index in [9.17, 15) is 4.79 Å². The highest BCUT2D eigenvalue weighted by atomic mass is 35.5. The van der Waals surface area contributed by atoms with Crippen molar-refractivity contribution in [3.63, 3.8) is 0 Å². The minimum atomic E-state index is -0.326. The molecule has 1 aliphatic rings. The molecule has 188 valence electrons. The van der Waals surface area contributed by atoms with E-state index in [0.717, 1.165) is 52.5 Å². The molecule has 0 unspecified atom stereocenters. The molecule has 1 amide bonds. The summed E-state index contributed by atoms with van der Waals surface area (Å²) in [6.45, 7) is 0.181. The summed E-state index contributed by atoms with van der Waals surface area (Å²) in [5.74, 6) is 2.16. The largest absolute Gasteiger partial charge is 0.330 e. The molecule has 0 spiro atoms. The van der Waals surface area contributed by atoms with Crippen molar-refractivity contribution < 1.29 is 9.18 Å². The standard InChI is InChI=1S/C31H28ClFN2OS/c1-3-20-8-10-21(11-9-20)22-12-17-27(33)23(18-22)19-35(25-15-13-24(34-2)14-16-25)31(36)30-29(32)26-6-4-5-7-28(26)37-30/h1,4-12,17-18,24-25,34H,13-16,19H2,2H3. The van der Waals surface area contributed by atoms with Crippen LogP contribution >= 0.6 is 22.9 Å². The number of carbonyl (C=O) groups is 1. The van der Waals surface area contributed by atoms with Crippen LogP contribution in [0.2, 0.25) is 5.02 Å². The Hall–Kier alpha value is -3.17. The normalized spacial score (nSPS) is 17.5. The van der Waals surface area contributed by atoms with Gasteiger partial charge in [0.1, 0.15) is 10.7 Å². The molecule has 0 atom stereocenters. The van der Waals surface area contributed by atoms with Crippen molar-refractivity contribution in [1.82, 2.24) is 10.2 Å². The van der Waals surface area contributed by atoms with Gasteiger partial charge < -0.3 is 10.2 Å². The summed E-state index contributed by atoms with van der Waals surface area (Å²) in [5, 5.41) is 4.70. The number of hydrogen-bond donors (Lipinski definition) is 1. The Bertz CT molecular complexity index is 1470. The van der Waals surface area contributed by atoms with E-state index < -0.39 is 0 Å². The van der Waals surface area contributed by atoms with Gasteiger partial charge in [-0.3, -0.25) is 4.79 Å². The van der Waals surface area contributed by atoms with Gasteiger partial charge in [0.25, 0.3) is 5.91 Å². The summed E-state index contributed by atoms with van der Waals surface area (Å²) in [5.41, 5.74) is 3.10. The Morgan fingerprint density at radius 1 is 1.08 bits per heavy atom. The Morgan fingerprint density at radius 2 is 1.78 bits per heavy atom. The third-order valence-electron chi connectivity index (χ3n) is 7.31. The molecule has 3 nitrogen and oxygen atoms in total. The number of fused-ring (bicyclic) bond motifs is 1. The smallest absolute Gasteiger partial charge is 0.266 e. The molecule has 4 aromatic rings. The van der Waals surface area contributed by atoms with Crippen LogP contribution in [0, 0.1) is 18.2 Å². The van der Waals surface area contributed by atoms with Crippen LogP contribution in [0.4, 0.5) is 4.39 Å². The number of hydrogen-bond acceptors (Lipinski definition) is 3. The fourth-order valence-corrected chi connectivity index (χ4v) is 6.61. The number of amides is 1. The summed E-state index contributed by atoms with van der Waals surface area (Å²) < 4.78 is 16.1. The highest BCUT2D eigenvalue weighted by Gasteiger charge is 2.32. The van der Waals surface area contributed by atoms with Gasteiger partial charge in [-0.15, -0.1) is 17.8 Å². The lowest BCUT2D eigenvalue weighted by atomic mass is 9.89. The molecule has 6 heteroatoms. The molecule has 1 aliphatic carbocycles. The van der Waals surface area contributed by atoms with Crippen LogP contribution in [0.1, 0.15) is 46.5 Å². The molecule has 0 aliphatic heterocycles. The van der Waals surface area contributed by atoms with Gasteiger partial charge in [-0.2, -0.15) is 0 Å². The predicted molar refractivity (Wildman–Crippen MR) is 152 cm³/mol. The zero-order valence-electron chi connectivity index (χ0n) is 20.6. The van der Waals surface area contributed by atoms with Crippen LogP contribution in [0.15, 0.2) is 66.7 Å². The van der Waals surface area contributed by atoms with Gasteiger partial charge in [-0.1, -0.05) is 53.9 Å². The van der Waals surface area contributed by atoms with Crippen LogP contribution in [-0.4, -0.2) is 29.9 Å². The van der Waals surface area contributed by atoms with Crippen molar-refractivity contribution >= 4 is 38.9 Å². The van der Waals surface area contributed by atoms with E-state index in [4.69, 9.17) is 18.0 Å². The summed E-state index contributed by atoms with van der Waals surface area (Å²) in [6.07, 6.45) is 9.13. The Morgan fingerprint density at radius 3 is 2.46 bits per heavy atom. The quantitative estimate of drug-likeness (QED) is 0.261. The van der Waals surface area contributed by atoms with Crippen molar-refractivity contribution in [1.29, 1.82) is 0 Å². The Kier molecular flexibility index (Phi) is 7.62. The summed E-state index contributed by atoms with van der Waals surface area (Å²) in [4.78, 5) is 16.4. The fraction of sp³-hybridized carbons (Fsp3) is 0.258. The van der Waals surface area contributed by atoms with E-state index in [0.29, 0.717) is 21.5 Å². The summed E-state index contributed by atoms with van der Waals surface area (Å²) in [7, 11) is 1.97. The van der Waals surface area contributed by atoms with Crippen molar-refractivity contribution in [3.8, 4) is 23.5 Å². The second kappa shape index (κ2) is 11.1. The van der Waals surface area contributed by atoms with E-state index in [1.165, 1.54) is 17.4 Å². The van der Waals surface area contributed by atoms with Gasteiger partial charge in [0.05, 0.1) is 5.02 Å². The molecule has 1 fully saturated rings. The number of halogens is 2.